The summed E-state index contributed by atoms with van der Waals surface area (Å²) < 4.78 is 0. The number of benzene rings is 1. The number of hydrogen-bond acceptors (Lipinski definition) is 4. The van der Waals surface area contributed by atoms with E-state index in [0.717, 1.165) is 17.9 Å². The molecule has 0 saturated heterocycles. The number of aliphatic hydroxyl groups excluding tert-OH is 1. The van der Waals surface area contributed by atoms with Crippen LogP contribution in [0.25, 0.3) is 0 Å². The van der Waals surface area contributed by atoms with Gasteiger partial charge in [-0.25, -0.2) is 0 Å². The topological polar surface area (TPSA) is 43.7 Å². The summed E-state index contributed by atoms with van der Waals surface area (Å²) in [6.45, 7) is 3.82. The van der Waals surface area contributed by atoms with Gasteiger partial charge in [0, 0.05) is 36.2 Å². The maximum absolute atomic E-state index is 9.90. The van der Waals surface area contributed by atoms with Crippen molar-refractivity contribution in [2.45, 2.75) is 32.4 Å². The average molecular weight is 269 g/mol. The first-order valence-corrected chi connectivity index (χ1v) is 7.63. The SMILES string of the molecule is CCC(CSC)N(C)c1ccc(C(C)O)c(O)c1. The van der Waals surface area contributed by atoms with Gasteiger partial charge in [-0.3, -0.25) is 0 Å². The Bertz CT molecular complexity index is 382. The molecule has 0 fully saturated rings. The fraction of sp³-hybridized carbons (Fsp3) is 0.571. The van der Waals surface area contributed by atoms with Crippen LogP contribution in [0.2, 0.25) is 0 Å². The van der Waals surface area contributed by atoms with Gasteiger partial charge < -0.3 is 15.1 Å². The molecule has 0 radical (unpaired) electrons. The van der Waals surface area contributed by atoms with Crippen LogP contribution in [0.1, 0.15) is 31.9 Å². The van der Waals surface area contributed by atoms with Crippen LogP contribution in [0, 0.1) is 0 Å². The van der Waals surface area contributed by atoms with Crippen molar-refractivity contribution < 1.29 is 10.2 Å². The standard InChI is InChI=1S/C14H23NO2S/c1-5-11(9-18-4)15(3)12-6-7-13(10(2)16)14(17)8-12/h6-8,10-11,16-17H,5,9H2,1-4H3. The first-order chi connectivity index (χ1) is 8.51. The van der Waals surface area contributed by atoms with Crippen LogP contribution in [0.3, 0.4) is 0 Å². The van der Waals surface area contributed by atoms with E-state index in [2.05, 4.69) is 18.1 Å². The molecule has 0 amide bonds. The number of hydrogen-bond donors (Lipinski definition) is 2. The molecule has 4 heteroatoms. The van der Waals surface area contributed by atoms with Gasteiger partial charge in [-0.15, -0.1) is 0 Å². The monoisotopic (exact) mass is 269 g/mol. The van der Waals surface area contributed by atoms with E-state index in [4.69, 9.17) is 0 Å². The molecule has 3 nitrogen and oxygen atoms in total. The Kier molecular flexibility index (Phi) is 5.82. The number of nitrogens with zero attached hydrogens (tertiary/aromatic N) is 1. The van der Waals surface area contributed by atoms with E-state index in [9.17, 15) is 10.2 Å². The predicted octanol–water partition coefficient (Wildman–Crippen LogP) is 3.02. The average Bonchev–Trinajstić information content (AvgIpc) is 2.34. The molecule has 1 aromatic carbocycles. The lowest BCUT2D eigenvalue weighted by Crippen LogP contribution is -2.33. The van der Waals surface area contributed by atoms with Crippen molar-refractivity contribution in [3.8, 4) is 5.75 Å². The number of aromatic hydroxyl groups is 1. The number of thioether (sulfide) groups is 1. The van der Waals surface area contributed by atoms with Crippen LogP contribution in [0.4, 0.5) is 5.69 Å². The highest BCUT2D eigenvalue weighted by Crippen LogP contribution is 2.29. The number of aliphatic hydroxyl groups is 1. The Morgan fingerprint density at radius 1 is 1.39 bits per heavy atom. The van der Waals surface area contributed by atoms with Crippen molar-refractivity contribution in [2.75, 3.05) is 24.0 Å². The summed E-state index contributed by atoms with van der Waals surface area (Å²) in [7, 11) is 2.04. The third-order valence-electron chi connectivity index (χ3n) is 3.25. The van der Waals surface area contributed by atoms with E-state index in [0.29, 0.717) is 11.6 Å². The Morgan fingerprint density at radius 3 is 2.50 bits per heavy atom. The fourth-order valence-corrected chi connectivity index (χ4v) is 2.86. The second-order valence-corrected chi connectivity index (χ2v) is 5.46. The summed E-state index contributed by atoms with van der Waals surface area (Å²) >= 11 is 1.83. The molecule has 0 spiro atoms. The van der Waals surface area contributed by atoms with E-state index >= 15 is 0 Å². The van der Waals surface area contributed by atoms with E-state index in [1.54, 1.807) is 19.1 Å². The number of phenolic OH excluding ortho intramolecular Hbond substituents is 1. The third kappa shape index (κ3) is 3.56. The molecule has 1 aromatic rings. The largest absolute Gasteiger partial charge is 0.507 e. The molecule has 0 bridgehead atoms. The summed E-state index contributed by atoms with van der Waals surface area (Å²) in [6, 6.07) is 5.92. The summed E-state index contributed by atoms with van der Waals surface area (Å²) in [5.41, 5.74) is 1.56. The lowest BCUT2D eigenvalue weighted by molar-refractivity contribution is 0.195. The summed E-state index contributed by atoms with van der Waals surface area (Å²) in [4.78, 5) is 2.18. The predicted molar refractivity (Wildman–Crippen MR) is 79.6 cm³/mol. The van der Waals surface area contributed by atoms with Crippen LogP contribution in [0.15, 0.2) is 18.2 Å². The second-order valence-electron chi connectivity index (χ2n) is 4.55. The molecule has 2 N–H and O–H groups in total. The Labute approximate surface area is 114 Å². The van der Waals surface area contributed by atoms with Crippen molar-refractivity contribution in [3.05, 3.63) is 23.8 Å². The highest BCUT2D eigenvalue weighted by molar-refractivity contribution is 7.98. The van der Waals surface area contributed by atoms with Gasteiger partial charge in [0.15, 0.2) is 0 Å². The summed E-state index contributed by atoms with van der Waals surface area (Å²) in [5.74, 6) is 1.22. The van der Waals surface area contributed by atoms with Crippen molar-refractivity contribution in [2.24, 2.45) is 0 Å². The first kappa shape index (κ1) is 15.2. The lowest BCUT2D eigenvalue weighted by Gasteiger charge is -2.29. The molecule has 2 unspecified atom stereocenters. The molecule has 102 valence electrons. The van der Waals surface area contributed by atoms with Crippen molar-refractivity contribution >= 4 is 17.4 Å². The molecule has 2 atom stereocenters. The van der Waals surface area contributed by atoms with Crippen molar-refractivity contribution in [1.29, 1.82) is 0 Å². The van der Waals surface area contributed by atoms with Gasteiger partial charge in [-0.05, 0) is 25.7 Å². The molecule has 0 heterocycles. The Morgan fingerprint density at radius 2 is 2.06 bits per heavy atom. The van der Waals surface area contributed by atoms with Crippen molar-refractivity contribution in [3.63, 3.8) is 0 Å². The molecule has 0 aliphatic rings. The Hall–Kier alpha value is -0.870. The van der Waals surface area contributed by atoms with Crippen LogP contribution in [0.5, 0.6) is 5.75 Å². The normalized spacial score (nSPS) is 14.3. The molecular formula is C14H23NO2S. The fourth-order valence-electron chi connectivity index (χ4n) is 2.01. The highest BCUT2D eigenvalue weighted by atomic mass is 32.2. The zero-order valence-corrected chi connectivity index (χ0v) is 12.4. The molecule has 0 aromatic heterocycles. The van der Waals surface area contributed by atoms with Gasteiger partial charge in [0.1, 0.15) is 5.75 Å². The van der Waals surface area contributed by atoms with Crippen molar-refractivity contribution in [1.82, 2.24) is 0 Å². The lowest BCUT2D eigenvalue weighted by atomic mass is 10.1. The van der Waals surface area contributed by atoms with Gasteiger partial charge in [0.05, 0.1) is 6.10 Å². The van der Waals surface area contributed by atoms with E-state index in [1.165, 1.54) is 0 Å². The third-order valence-corrected chi connectivity index (χ3v) is 3.97. The Balaban J connectivity index is 2.92. The first-order valence-electron chi connectivity index (χ1n) is 6.24. The molecule has 0 aliphatic carbocycles. The number of phenols is 1. The minimum Gasteiger partial charge on any atom is -0.507 e. The van der Waals surface area contributed by atoms with Gasteiger partial charge in [0.2, 0.25) is 0 Å². The van der Waals surface area contributed by atoms with E-state index in [1.807, 2.05) is 24.9 Å². The zero-order valence-electron chi connectivity index (χ0n) is 11.6. The van der Waals surface area contributed by atoms with Gasteiger partial charge in [-0.1, -0.05) is 13.0 Å². The van der Waals surface area contributed by atoms with E-state index < -0.39 is 6.10 Å². The maximum atomic E-state index is 9.90. The zero-order chi connectivity index (χ0) is 13.7. The van der Waals surface area contributed by atoms with Gasteiger partial charge in [0.25, 0.3) is 0 Å². The maximum Gasteiger partial charge on any atom is 0.123 e. The molecular weight excluding hydrogens is 246 g/mol. The number of anilines is 1. The van der Waals surface area contributed by atoms with E-state index in [-0.39, 0.29) is 5.75 Å². The molecule has 1 rings (SSSR count). The molecule has 18 heavy (non-hydrogen) atoms. The molecule has 0 aliphatic heterocycles. The quantitative estimate of drug-likeness (QED) is 0.833. The number of rotatable bonds is 6. The van der Waals surface area contributed by atoms with Crippen LogP contribution in [-0.2, 0) is 0 Å². The molecule has 0 saturated carbocycles. The van der Waals surface area contributed by atoms with Gasteiger partial charge in [-0.2, -0.15) is 11.8 Å². The van der Waals surface area contributed by atoms with Crippen LogP contribution >= 0.6 is 11.8 Å². The summed E-state index contributed by atoms with van der Waals surface area (Å²) in [6.07, 6.45) is 2.53. The minimum absolute atomic E-state index is 0.161. The second kappa shape index (κ2) is 6.90. The van der Waals surface area contributed by atoms with Gasteiger partial charge >= 0.3 is 0 Å². The minimum atomic E-state index is -0.641. The smallest absolute Gasteiger partial charge is 0.123 e. The van der Waals surface area contributed by atoms with Crippen LogP contribution in [-0.4, -0.2) is 35.3 Å². The van der Waals surface area contributed by atoms with Crippen LogP contribution < -0.4 is 4.90 Å². The highest BCUT2D eigenvalue weighted by Gasteiger charge is 2.15. The summed E-state index contributed by atoms with van der Waals surface area (Å²) in [5, 5.41) is 19.4.